The second kappa shape index (κ2) is 8.57. The standard InChI is InChI=1S/C25H27N3O4/c1-16(24(29)26-14-17-6-7-22-23(12-17)32-15-31-22)18-8-10-28(11-9-18)25(30)21-13-19-4-2-3-5-20(19)27-21/h2-7,12-13,16,18,27H,8-11,14-15H2,1H3,(H,26,29)/t16-/m1/s1. The molecule has 2 N–H and O–H groups in total. The Morgan fingerprint density at radius 1 is 1.09 bits per heavy atom. The molecule has 1 saturated heterocycles. The molecule has 0 saturated carbocycles. The van der Waals surface area contributed by atoms with E-state index in [1.165, 1.54) is 0 Å². The number of para-hydroxylation sites is 1. The van der Waals surface area contributed by atoms with E-state index in [0.29, 0.717) is 25.3 Å². The predicted octanol–water partition coefficient (Wildman–Crippen LogP) is 3.70. The lowest BCUT2D eigenvalue weighted by atomic mass is 9.84. The molecule has 0 bridgehead atoms. The third kappa shape index (κ3) is 4.02. The van der Waals surface area contributed by atoms with Crippen LogP contribution >= 0.6 is 0 Å². The summed E-state index contributed by atoms with van der Waals surface area (Å²) < 4.78 is 10.7. The fourth-order valence-corrected chi connectivity index (χ4v) is 4.58. The van der Waals surface area contributed by atoms with Crippen molar-refractivity contribution >= 4 is 22.7 Å². The number of hydrogen-bond donors (Lipinski definition) is 2. The molecule has 1 fully saturated rings. The summed E-state index contributed by atoms with van der Waals surface area (Å²) in [5.74, 6) is 1.69. The van der Waals surface area contributed by atoms with Crippen molar-refractivity contribution in [3.63, 3.8) is 0 Å². The number of hydrogen-bond acceptors (Lipinski definition) is 4. The first-order chi connectivity index (χ1) is 15.6. The first-order valence-corrected chi connectivity index (χ1v) is 11.1. The van der Waals surface area contributed by atoms with Gasteiger partial charge in [0.1, 0.15) is 5.69 Å². The van der Waals surface area contributed by atoms with Crippen molar-refractivity contribution < 1.29 is 19.1 Å². The van der Waals surface area contributed by atoms with Crippen molar-refractivity contribution in [3.8, 4) is 11.5 Å². The quantitative estimate of drug-likeness (QED) is 0.643. The summed E-state index contributed by atoms with van der Waals surface area (Å²) >= 11 is 0. The van der Waals surface area contributed by atoms with Gasteiger partial charge in [0.2, 0.25) is 12.7 Å². The zero-order valence-corrected chi connectivity index (χ0v) is 18.1. The van der Waals surface area contributed by atoms with E-state index in [9.17, 15) is 9.59 Å². The van der Waals surface area contributed by atoms with Crippen molar-refractivity contribution in [2.24, 2.45) is 11.8 Å². The number of amides is 2. The molecule has 166 valence electrons. The minimum Gasteiger partial charge on any atom is -0.454 e. The monoisotopic (exact) mass is 433 g/mol. The Hall–Kier alpha value is -3.48. The van der Waals surface area contributed by atoms with E-state index in [1.54, 1.807) is 0 Å². The van der Waals surface area contributed by atoms with Crippen LogP contribution in [0.4, 0.5) is 0 Å². The highest BCUT2D eigenvalue weighted by Gasteiger charge is 2.30. The van der Waals surface area contributed by atoms with E-state index in [-0.39, 0.29) is 30.4 Å². The van der Waals surface area contributed by atoms with Crippen LogP contribution < -0.4 is 14.8 Å². The minimum absolute atomic E-state index is 0.0274. The molecule has 2 aliphatic heterocycles. The fraction of sp³-hybridized carbons (Fsp3) is 0.360. The van der Waals surface area contributed by atoms with E-state index in [1.807, 2.05) is 60.4 Å². The Balaban J connectivity index is 1.13. The summed E-state index contributed by atoms with van der Waals surface area (Å²) in [5, 5.41) is 4.08. The molecule has 0 radical (unpaired) electrons. The van der Waals surface area contributed by atoms with Crippen molar-refractivity contribution in [1.82, 2.24) is 15.2 Å². The molecular formula is C25H27N3O4. The molecule has 1 atom stereocenters. The summed E-state index contributed by atoms with van der Waals surface area (Å²) in [6.45, 7) is 4.01. The van der Waals surface area contributed by atoms with Gasteiger partial charge in [-0.1, -0.05) is 31.2 Å². The van der Waals surface area contributed by atoms with Crippen LogP contribution in [-0.4, -0.2) is 41.6 Å². The lowest BCUT2D eigenvalue weighted by Gasteiger charge is -2.34. The number of nitrogens with one attached hydrogen (secondary N) is 2. The molecule has 0 unspecified atom stereocenters. The van der Waals surface area contributed by atoms with Crippen LogP contribution in [0.15, 0.2) is 48.5 Å². The van der Waals surface area contributed by atoms with Crippen LogP contribution in [0.3, 0.4) is 0 Å². The largest absolute Gasteiger partial charge is 0.454 e. The number of carbonyl (C=O) groups excluding carboxylic acids is 2. The van der Waals surface area contributed by atoms with Crippen LogP contribution in [0.5, 0.6) is 11.5 Å². The maximum atomic E-state index is 12.9. The number of piperidine rings is 1. The van der Waals surface area contributed by atoms with Gasteiger partial charge >= 0.3 is 0 Å². The van der Waals surface area contributed by atoms with Gasteiger partial charge in [-0.15, -0.1) is 0 Å². The second-order valence-electron chi connectivity index (χ2n) is 8.59. The smallest absolute Gasteiger partial charge is 0.270 e. The van der Waals surface area contributed by atoms with Crippen LogP contribution in [0.2, 0.25) is 0 Å². The number of nitrogens with zero attached hydrogens (tertiary/aromatic N) is 1. The zero-order valence-electron chi connectivity index (χ0n) is 18.1. The molecule has 2 amide bonds. The Bertz CT molecular complexity index is 1110. The van der Waals surface area contributed by atoms with E-state index in [2.05, 4.69) is 10.3 Å². The molecule has 3 aromatic rings. The maximum Gasteiger partial charge on any atom is 0.270 e. The highest BCUT2D eigenvalue weighted by Crippen LogP contribution is 2.32. The summed E-state index contributed by atoms with van der Waals surface area (Å²) in [6.07, 6.45) is 1.65. The molecule has 7 nitrogen and oxygen atoms in total. The molecule has 3 heterocycles. The highest BCUT2D eigenvalue weighted by molar-refractivity contribution is 5.98. The van der Waals surface area contributed by atoms with E-state index < -0.39 is 0 Å². The first-order valence-electron chi connectivity index (χ1n) is 11.1. The summed E-state index contributed by atoms with van der Waals surface area (Å²) in [5.41, 5.74) is 2.58. The Morgan fingerprint density at radius 3 is 2.69 bits per heavy atom. The van der Waals surface area contributed by atoms with E-state index in [0.717, 1.165) is 40.8 Å². The molecule has 2 aliphatic rings. The minimum atomic E-state index is -0.102. The molecule has 0 spiro atoms. The van der Waals surface area contributed by atoms with Gasteiger partial charge in [-0.3, -0.25) is 9.59 Å². The Kier molecular flexibility index (Phi) is 5.47. The average Bonchev–Trinajstić information content (AvgIpc) is 3.48. The first kappa shape index (κ1) is 20.4. The van der Waals surface area contributed by atoms with Crippen molar-refractivity contribution in [2.75, 3.05) is 19.9 Å². The summed E-state index contributed by atoms with van der Waals surface area (Å²) in [7, 11) is 0. The number of H-pyrrole nitrogens is 1. The van der Waals surface area contributed by atoms with Crippen LogP contribution in [0.25, 0.3) is 10.9 Å². The lowest BCUT2D eigenvalue weighted by molar-refractivity contribution is -0.126. The number of aromatic amines is 1. The van der Waals surface area contributed by atoms with Gasteiger partial charge in [-0.05, 0) is 48.6 Å². The van der Waals surface area contributed by atoms with E-state index >= 15 is 0 Å². The average molecular weight is 434 g/mol. The van der Waals surface area contributed by atoms with Gasteiger partial charge in [0.05, 0.1) is 0 Å². The van der Waals surface area contributed by atoms with Crippen LogP contribution in [0, 0.1) is 11.8 Å². The van der Waals surface area contributed by atoms with Crippen molar-refractivity contribution in [2.45, 2.75) is 26.3 Å². The predicted molar refractivity (Wildman–Crippen MR) is 121 cm³/mol. The molecule has 2 aromatic carbocycles. The number of likely N-dealkylation sites (tertiary alicyclic amines) is 1. The molecule has 1 aromatic heterocycles. The molecular weight excluding hydrogens is 406 g/mol. The number of benzene rings is 2. The van der Waals surface area contributed by atoms with Crippen molar-refractivity contribution in [1.29, 1.82) is 0 Å². The number of carbonyl (C=O) groups is 2. The Labute approximate surface area is 186 Å². The SMILES string of the molecule is C[C@@H](C(=O)NCc1ccc2c(c1)OCO2)C1CCN(C(=O)c2cc3ccccc3[nH]2)CC1. The molecule has 5 rings (SSSR count). The topological polar surface area (TPSA) is 83.7 Å². The normalized spacial score (nSPS) is 16.8. The van der Waals surface area contributed by atoms with Crippen molar-refractivity contribution in [3.05, 3.63) is 59.8 Å². The molecule has 7 heteroatoms. The second-order valence-corrected chi connectivity index (χ2v) is 8.59. The lowest BCUT2D eigenvalue weighted by Crippen LogP contribution is -2.42. The number of aromatic nitrogens is 1. The van der Waals surface area contributed by atoms with Gasteiger partial charge in [0.25, 0.3) is 5.91 Å². The highest BCUT2D eigenvalue weighted by atomic mass is 16.7. The number of fused-ring (bicyclic) bond motifs is 2. The van der Waals surface area contributed by atoms with E-state index in [4.69, 9.17) is 9.47 Å². The fourth-order valence-electron chi connectivity index (χ4n) is 4.58. The zero-order chi connectivity index (χ0) is 22.1. The number of rotatable bonds is 5. The van der Waals surface area contributed by atoms with Crippen LogP contribution in [0.1, 0.15) is 35.8 Å². The van der Waals surface area contributed by atoms with Gasteiger partial charge in [0, 0.05) is 36.5 Å². The maximum absolute atomic E-state index is 12.9. The molecule has 0 aliphatic carbocycles. The third-order valence-corrected chi connectivity index (χ3v) is 6.61. The van der Waals surface area contributed by atoms with Gasteiger partial charge in [0.15, 0.2) is 11.5 Å². The summed E-state index contributed by atoms with van der Waals surface area (Å²) in [6, 6.07) is 15.5. The molecule has 32 heavy (non-hydrogen) atoms. The Morgan fingerprint density at radius 2 is 1.88 bits per heavy atom. The van der Waals surface area contributed by atoms with Gasteiger partial charge < -0.3 is 24.7 Å². The van der Waals surface area contributed by atoms with Gasteiger partial charge in [-0.2, -0.15) is 0 Å². The summed E-state index contributed by atoms with van der Waals surface area (Å²) in [4.78, 5) is 30.8. The number of ether oxygens (including phenoxy) is 2. The third-order valence-electron chi connectivity index (χ3n) is 6.61. The van der Waals surface area contributed by atoms with Crippen LogP contribution in [-0.2, 0) is 11.3 Å². The van der Waals surface area contributed by atoms with Gasteiger partial charge in [-0.25, -0.2) is 0 Å².